The van der Waals surface area contributed by atoms with Gasteiger partial charge >= 0.3 is 0 Å². The van der Waals surface area contributed by atoms with Crippen LogP contribution in [-0.4, -0.2) is 88.8 Å². The number of nitrogens with one attached hydrogen (secondary N) is 2. The first-order chi connectivity index (χ1) is 18.2. The number of hydrogen-bond donors (Lipinski definition) is 3. The van der Waals surface area contributed by atoms with Crippen LogP contribution in [0.4, 0.5) is 5.95 Å². The molecule has 0 unspecified atom stereocenters. The molecule has 3 aromatic rings. The molecule has 2 aromatic heterocycles. The fraction of sp³-hybridized carbons (Fsp3) is 0.560. The Kier molecular flexibility index (Phi) is 7.11. The van der Waals surface area contributed by atoms with Gasteiger partial charge in [-0.05, 0) is 40.8 Å². The van der Waals surface area contributed by atoms with Crippen molar-refractivity contribution in [2.45, 2.75) is 64.1 Å². The molecule has 1 aliphatic carbocycles. The van der Waals surface area contributed by atoms with E-state index in [-0.39, 0.29) is 31.3 Å². The number of aromatic nitrogens is 7. The molecule has 13 heteroatoms. The predicted molar refractivity (Wildman–Crippen MR) is 137 cm³/mol. The molecule has 0 spiro atoms. The highest BCUT2D eigenvalue weighted by Crippen LogP contribution is 2.40. The molecule has 38 heavy (non-hydrogen) atoms. The SMILES string of the molecule is CC(C)(C)[C@@H](C(=O)N1C[C@H](O)C[C@H]1C(=O)NCCNc1nnnn1-c1ccccc1)n1cc(C2CC2)nn1. The van der Waals surface area contributed by atoms with Gasteiger partial charge in [-0.1, -0.05) is 49.3 Å². The Morgan fingerprint density at radius 3 is 2.58 bits per heavy atom. The van der Waals surface area contributed by atoms with Crippen LogP contribution in [-0.2, 0) is 9.59 Å². The molecule has 2 aliphatic rings. The number of carbonyl (C=O) groups is 2. The number of anilines is 1. The van der Waals surface area contributed by atoms with E-state index in [2.05, 4.69) is 36.5 Å². The summed E-state index contributed by atoms with van der Waals surface area (Å²) in [5, 5.41) is 36.7. The molecule has 1 aliphatic heterocycles. The second-order valence-electron chi connectivity index (χ2n) is 11.0. The predicted octanol–water partition coefficient (Wildman–Crippen LogP) is 0.909. The third-order valence-corrected chi connectivity index (χ3v) is 6.88. The van der Waals surface area contributed by atoms with E-state index in [0.29, 0.717) is 18.4 Å². The molecule has 0 bridgehead atoms. The van der Waals surface area contributed by atoms with Crippen molar-refractivity contribution >= 4 is 17.8 Å². The average Bonchev–Trinajstić information content (AvgIpc) is 3.25. The van der Waals surface area contributed by atoms with E-state index >= 15 is 0 Å². The molecule has 2 fully saturated rings. The van der Waals surface area contributed by atoms with Crippen molar-refractivity contribution in [3.05, 3.63) is 42.2 Å². The standard InChI is InChI=1S/C25H34N10O3/c1-25(2,3)21(34-15-19(28-31-34)16-9-10-16)23(38)33-14-18(36)13-20(33)22(37)26-11-12-27-24-29-30-32-35(24)17-7-5-4-6-8-17/h4-8,15-16,18,20-21,36H,9-14H2,1-3H3,(H,26,37)(H,27,29,32)/t18-,20+,21-/m1/s1. The molecule has 2 amide bonds. The Hall–Kier alpha value is -3.87. The van der Waals surface area contributed by atoms with Crippen LogP contribution in [0, 0.1) is 5.41 Å². The van der Waals surface area contributed by atoms with Gasteiger partial charge in [-0.25, -0.2) is 4.68 Å². The number of benzene rings is 1. The fourth-order valence-electron chi connectivity index (χ4n) is 4.84. The summed E-state index contributed by atoms with van der Waals surface area (Å²) < 4.78 is 3.19. The second kappa shape index (κ2) is 10.5. The van der Waals surface area contributed by atoms with Gasteiger partial charge in [0.05, 0.1) is 17.5 Å². The van der Waals surface area contributed by atoms with Crippen molar-refractivity contribution in [3.8, 4) is 5.69 Å². The number of tetrazole rings is 1. The van der Waals surface area contributed by atoms with Gasteiger partial charge in [0, 0.05) is 38.2 Å². The van der Waals surface area contributed by atoms with Crippen LogP contribution in [0.15, 0.2) is 36.5 Å². The van der Waals surface area contributed by atoms with Crippen LogP contribution in [0.25, 0.3) is 5.69 Å². The normalized spacial score (nSPS) is 20.4. The van der Waals surface area contributed by atoms with Gasteiger partial charge in [0.2, 0.25) is 17.8 Å². The zero-order chi connectivity index (χ0) is 26.9. The average molecular weight is 523 g/mol. The molecule has 13 nitrogen and oxygen atoms in total. The number of carbonyl (C=O) groups excluding carboxylic acids is 2. The number of amides is 2. The minimum absolute atomic E-state index is 0.0950. The van der Waals surface area contributed by atoms with Crippen molar-refractivity contribution in [1.29, 1.82) is 0 Å². The van der Waals surface area contributed by atoms with Gasteiger partial charge < -0.3 is 20.6 Å². The molecule has 1 aromatic carbocycles. The summed E-state index contributed by atoms with van der Waals surface area (Å²) in [5.41, 5.74) is 1.23. The summed E-state index contributed by atoms with van der Waals surface area (Å²) >= 11 is 0. The summed E-state index contributed by atoms with van der Waals surface area (Å²) in [6, 6.07) is 8.04. The first-order valence-corrected chi connectivity index (χ1v) is 13.0. The molecule has 202 valence electrons. The molecule has 1 saturated heterocycles. The van der Waals surface area contributed by atoms with Gasteiger partial charge in [-0.3, -0.25) is 9.59 Å². The van der Waals surface area contributed by atoms with Crippen LogP contribution in [0.1, 0.15) is 57.7 Å². The lowest BCUT2D eigenvalue weighted by atomic mass is 9.85. The first-order valence-electron chi connectivity index (χ1n) is 13.0. The van der Waals surface area contributed by atoms with Crippen LogP contribution in [0.3, 0.4) is 0 Å². The third kappa shape index (κ3) is 5.52. The lowest BCUT2D eigenvalue weighted by Gasteiger charge is -2.34. The maximum absolute atomic E-state index is 13.8. The number of β-amino-alcohol motifs (C(OH)–C–C–N with tert-alkyl or cyclic N) is 1. The van der Waals surface area contributed by atoms with E-state index < -0.39 is 23.6 Å². The Labute approximate surface area is 220 Å². The Balaban J connectivity index is 1.21. The molecule has 5 rings (SSSR count). The molecule has 0 radical (unpaired) electrons. The van der Waals surface area contributed by atoms with E-state index in [1.807, 2.05) is 57.3 Å². The minimum Gasteiger partial charge on any atom is -0.391 e. The van der Waals surface area contributed by atoms with Crippen molar-refractivity contribution in [1.82, 2.24) is 45.4 Å². The number of aliphatic hydroxyl groups excluding tert-OH is 1. The van der Waals surface area contributed by atoms with Gasteiger partial charge in [-0.2, -0.15) is 4.68 Å². The number of likely N-dealkylation sites (tertiary alicyclic amines) is 1. The van der Waals surface area contributed by atoms with Gasteiger partial charge in [0.15, 0.2) is 0 Å². The topological polar surface area (TPSA) is 156 Å². The molecule has 1 saturated carbocycles. The summed E-state index contributed by atoms with van der Waals surface area (Å²) in [6.45, 7) is 6.64. The second-order valence-corrected chi connectivity index (χ2v) is 11.0. The summed E-state index contributed by atoms with van der Waals surface area (Å²) in [7, 11) is 0. The maximum atomic E-state index is 13.8. The van der Waals surface area contributed by atoms with Gasteiger partial charge in [0.25, 0.3) is 0 Å². The van der Waals surface area contributed by atoms with Gasteiger partial charge in [0.1, 0.15) is 12.1 Å². The van der Waals surface area contributed by atoms with Crippen LogP contribution >= 0.6 is 0 Å². The largest absolute Gasteiger partial charge is 0.391 e. The zero-order valence-corrected chi connectivity index (χ0v) is 21.9. The monoisotopic (exact) mass is 522 g/mol. The number of para-hydroxylation sites is 1. The molecular formula is C25H34N10O3. The van der Waals surface area contributed by atoms with E-state index in [1.54, 1.807) is 9.36 Å². The van der Waals surface area contributed by atoms with E-state index in [9.17, 15) is 14.7 Å². The highest BCUT2D eigenvalue weighted by Gasteiger charge is 2.45. The number of nitrogens with zero attached hydrogens (tertiary/aromatic N) is 8. The molecule has 3 N–H and O–H groups in total. The highest BCUT2D eigenvalue weighted by atomic mass is 16.3. The molecule has 3 atom stereocenters. The Morgan fingerprint density at radius 1 is 1.11 bits per heavy atom. The Morgan fingerprint density at radius 2 is 1.87 bits per heavy atom. The van der Waals surface area contributed by atoms with Crippen LogP contribution in [0.2, 0.25) is 0 Å². The maximum Gasteiger partial charge on any atom is 0.248 e. The van der Waals surface area contributed by atoms with Crippen molar-refractivity contribution in [2.24, 2.45) is 5.41 Å². The molecular weight excluding hydrogens is 488 g/mol. The quantitative estimate of drug-likeness (QED) is 0.348. The smallest absolute Gasteiger partial charge is 0.248 e. The number of hydrogen-bond acceptors (Lipinski definition) is 9. The van der Waals surface area contributed by atoms with Crippen molar-refractivity contribution in [3.63, 3.8) is 0 Å². The minimum atomic E-state index is -0.776. The van der Waals surface area contributed by atoms with E-state index in [0.717, 1.165) is 24.2 Å². The highest BCUT2D eigenvalue weighted by molar-refractivity contribution is 5.90. The number of aliphatic hydroxyl groups is 1. The third-order valence-electron chi connectivity index (χ3n) is 6.88. The van der Waals surface area contributed by atoms with E-state index in [1.165, 1.54) is 4.90 Å². The lowest BCUT2D eigenvalue weighted by Crippen LogP contribution is -2.50. The summed E-state index contributed by atoms with van der Waals surface area (Å²) in [5.74, 6) is 0.299. The fourth-order valence-corrected chi connectivity index (χ4v) is 4.84. The number of rotatable bonds is 9. The van der Waals surface area contributed by atoms with Gasteiger partial charge in [-0.15, -0.1) is 5.10 Å². The summed E-state index contributed by atoms with van der Waals surface area (Å²) in [4.78, 5) is 28.4. The van der Waals surface area contributed by atoms with Crippen molar-refractivity contribution < 1.29 is 14.7 Å². The van der Waals surface area contributed by atoms with Crippen LogP contribution < -0.4 is 10.6 Å². The zero-order valence-electron chi connectivity index (χ0n) is 21.9. The van der Waals surface area contributed by atoms with Crippen LogP contribution in [0.5, 0.6) is 0 Å². The van der Waals surface area contributed by atoms with Crippen molar-refractivity contribution in [2.75, 3.05) is 25.0 Å². The summed E-state index contributed by atoms with van der Waals surface area (Å²) in [6.07, 6.45) is 3.43. The lowest BCUT2D eigenvalue weighted by molar-refractivity contribution is -0.144. The van der Waals surface area contributed by atoms with E-state index in [4.69, 9.17) is 0 Å². The molecule has 3 heterocycles. The Bertz CT molecular complexity index is 1260. The first kappa shape index (κ1) is 25.8.